The maximum atomic E-state index is 12.5. The molecule has 0 aromatic heterocycles. The first kappa shape index (κ1) is 16.2. The van der Waals surface area contributed by atoms with E-state index in [-0.39, 0.29) is 12.1 Å². The molecular weight excluding hydrogens is 270 g/mol. The average molecular weight is 291 g/mol. The average Bonchev–Trinajstić information content (AvgIpc) is 2.24. The molecule has 0 atom stereocenters. The number of rotatable bonds is 5. The number of halogens is 3. The summed E-state index contributed by atoms with van der Waals surface area (Å²) < 4.78 is 24.9. The number of benzene rings is 1. The Labute approximate surface area is 118 Å². The van der Waals surface area contributed by atoms with E-state index >= 15 is 0 Å². The highest BCUT2D eigenvalue weighted by Gasteiger charge is 2.15. The summed E-state index contributed by atoms with van der Waals surface area (Å²) in [4.78, 5) is 1.56. The van der Waals surface area contributed by atoms with E-state index in [0.29, 0.717) is 11.6 Å². The molecule has 1 aromatic rings. The first-order chi connectivity index (χ1) is 8.69. The van der Waals surface area contributed by atoms with Gasteiger partial charge in [-0.25, -0.2) is 8.78 Å². The Balaban J connectivity index is 2.91. The second kappa shape index (κ2) is 6.53. The lowest BCUT2D eigenvalue weighted by molar-refractivity contribution is 0.156. The van der Waals surface area contributed by atoms with Crippen molar-refractivity contribution < 1.29 is 8.78 Å². The summed E-state index contributed by atoms with van der Waals surface area (Å²) in [6.45, 7) is 6.47. The van der Waals surface area contributed by atoms with Gasteiger partial charge in [0.25, 0.3) is 6.43 Å². The van der Waals surface area contributed by atoms with Gasteiger partial charge in [-0.2, -0.15) is 0 Å². The molecule has 108 valence electrons. The Morgan fingerprint density at radius 2 is 1.95 bits per heavy atom. The van der Waals surface area contributed by atoms with Gasteiger partial charge in [0.1, 0.15) is 0 Å². The van der Waals surface area contributed by atoms with Crippen molar-refractivity contribution in [3.05, 3.63) is 28.8 Å². The normalized spacial score (nSPS) is 12.0. The van der Waals surface area contributed by atoms with Crippen LogP contribution in [0.5, 0.6) is 0 Å². The van der Waals surface area contributed by atoms with Crippen molar-refractivity contribution in [2.24, 2.45) is 0 Å². The Morgan fingerprint density at radius 3 is 2.47 bits per heavy atom. The van der Waals surface area contributed by atoms with E-state index in [1.54, 1.807) is 24.1 Å². The first-order valence-electron chi connectivity index (χ1n) is 6.22. The molecule has 1 aromatic carbocycles. The molecule has 0 aliphatic heterocycles. The first-order valence-corrected chi connectivity index (χ1v) is 6.59. The quantitative estimate of drug-likeness (QED) is 0.884. The predicted octanol–water partition coefficient (Wildman–Crippen LogP) is 3.93. The molecule has 0 bridgehead atoms. The van der Waals surface area contributed by atoms with Crippen LogP contribution in [0.3, 0.4) is 0 Å². The molecule has 1 N–H and O–H groups in total. The molecule has 5 heteroatoms. The standard InChI is InChI=1S/C14H21ClF2N2/c1-14(2,3)18-8-10-7-11(15)5-6-12(10)19(4)9-13(16)17/h5-7,13,18H,8-9H2,1-4H3. The number of hydrogen-bond donors (Lipinski definition) is 1. The van der Waals surface area contributed by atoms with Crippen LogP contribution in [-0.4, -0.2) is 25.6 Å². The lowest BCUT2D eigenvalue weighted by atomic mass is 10.1. The minimum atomic E-state index is -2.36. The second-order valence-electron chi connectivity index (χ2n) is 5.65. The van der Waals surface area contributed by atoms with E-state index in [0.717, 1.165) is 11.3 Å². The van der Waals surface area contributed by atoms with E-state index in [9.17, 15) is 8.78 Å². The number of nitrogens with zero attached hydrogens (tertiary/aromatic N) is 1. The zero-order chi connectivity index (χ0) is 14.6. The number of alkyl halides is 2. The van der Waals surface area contributed by atoms with Crippen molar-refractivity contribution in [1.82, 2.24) is 5.32 Å². The van der Waals surface area contributed by atoms with Crippen molar-refractivity contribution in [2.75, 3.05) is 18.5 Å². The minimum absolute atomic E-state index is 0.0408. The lowest BCUT2D eigenvalue weighted by Crippen LogP contribution is -2.35. The SMILES string of the molecule is CN(CC(F)F)c1ccc(Cl)cc1CNC(C)(C)C. The second-order valence-corrected chi connectivity index (χ2v) is 6.08. The summed E-state index contributed by atoms with van der Waals surface area (Å²) in [5, 5.41) is 3.95. The molecule has 0 fully saturated rings. The summed E-state index contributed by atoms with van der Waals surface area (Å²) in [5.41, 5.74) is 1.66. The van der Waals surface area contributed by atoms with Crippen LogP contribution in [0.25, 0.3) is 0 Å². The topological polar surface area (TPSA) is 15.3 Å². The van der Waals surface area contributed by atoms with Crippen LogP contribution in [-0.2, 0) is 6.54 Å². The summed E-state index contributed by atoms with van der Waals surface area (Å²) >= 11 is 5.98. The van der Waals surface area contributed by atoms with Gasteiger partial charge in [0.15, 0.2) is 0 Å². The third-order valence-electron chi connectivity index (χ3n) is 2.67. The smallest absolute Gasteiger partial charge is 0.255 e. The Bertz CT molecular complexity index is 416. The highest BCUT2D eigenvalue weighted by atomic mass is 35.5. The van der Waals surface area contributed by atoms with Crippen molar-refractivity contribution in [2.45, 2.75) is 39.3 Å². The maximum Gasteiger partial charge on any atom is 0.255 e. The van der Waals surface area contributed by atoms with Gasteiger partial charge in [-0.1, -0.05) is 11.6 Å². The van der Waals surface area contributed by atoms with Gasteiger partial charge in [-0.05, 0) is 44.5 Å². The van der Waals surface area contributed by atoms with Gasteiger partial charge in [0.05, 0.1) is 6.54 Å². The fraction of sp³-hybridized carbons (Fsp3) is 0.571. The summed E-state index contributed by atoms with van der Waals surface area (Å²) in [5.74, 6) is 0. The zero-order valence-corrected chi connectivity index (χ0v) is 12.6. The summed E-state index contributed by atoms with van der Waals surface area (Å²) in [6.07, 6.45) is -2.36. The highest BCUT2D eigenvalue weighted by Crippen LogP contribution is 2.24. The van der Waals surface area contributed by atoms with Crippen molar-refractivity contribution in [1.29, 1.82) is 0 Å². The molecule has 0 saturated carbocycles. The molecule has 0 saturated heterocycles. The molecule has 0 aliphatic rings. The molecule has 0 spiro atoms. The minimum Gasteiger partial charge on any atom is -0.369 e. The Hall–Kier alpha value is -0.870. The number of hydrogen-bond acceptors (Lipinski definition) is 2. The third kappa shape index (κ3) is 5.74. The lowest BCUT2D eigenvalue weighted by Gasteiger charge is -2.25. The summed E-state index contributed by atoms with van der Waals surface area (Å²) in [6, 6.07) is 5.32. The van der Waals surface area contributed by atoms with Gasteiger partial charge < -0.3 is 10.2 Å². The fourth-order valence-electron chi connectivity index (χ4n) is 1.73. The monoisotopic (exact) mass is 290 g/mol. The molecule has 1 rings (SSSR count). The van der Waals surface area contributed by atoms with E-state index in [1.807, 2.05) is 6.07 Å². The van der Waals surface area contributed by atoms with Crippen LogP contribution in [0.15, 0.2) is 18.2 Å². The van der Waals surface area contributed by atoms with Crippen LogP contribution in [0.2, 0.25) is 5.02 Å². The van der Waals surface area contributed by atoms with E-state index < -0.39 is 6.43 Å². The van der Waals surface area contributed by atoms with Crippen LogP contribution < -0.4 is 10.2 Å². The molecule has 0 unspecified atom stereocenters. The van der Waals surface area contributed by atoms with Gasteiger partial charge in [0, 0.05) is 29.8 Å². The van der Waals surface area contributed by atoms with Gasteiger partial charge in [-0.3, -0.25) is 0 Å². The zero-order valence-electron chi connectivity index (χ0n) is 11.8. The van der Waals surface area contributed by atoms with Crippen molar-refractivity contribution >= 4 is 17.3 Å². The molecule has 0 heterocycles. The Kier molecular flexibility index (Phi) is 5.56. The van der Waals surface area contributed by atoms with Crippen LogP contribution in [0.4, 0.5) is 14.5 Å². The molecular formula is C14H21ClF2N2. The molecule has 0 amide bonds. The molecule has 0 radical (unpaired) electrons. The van der Waals surface area contributed by atoms with Gasteiger partial charge in [0.2, 0.25) is 0 Å². The van der Waals surface area contributed by atoms with Crippen molar-refractivity contribution in [3.63, 3.8) is 0 Å². The molecule has 2 nitrogen and oxygen atoms in total. The van der Waals surface area contributed by atoms with Crippen LogP contribution in [0.1, 0.15) is 26.3 Å². The van der Waals surface area contributed by atoms with Crippen LogP contribution in [0, 0.1) is 0 Å². The highest BCUT2D eigenvalue weighted by molar-refractivity contribution is 6.30. The van der Waals surface area contributed by atoms with E-state index in [4.69, 9.17) is 11.6 Å². The van der Waals surface area contributed by atoms with Gasteiger partial charge >= 0.3 is 0 Å². The fourth-order valence-corrected chi connectivity index (χ4v) is 1.93. The van der Waals surface area contributed by atoms with E-state index in [1.165, 1.54) is 0 Å². The predicted molar refractivity (Wildman–Crippen MR) is 77.3 cm³/mol. The van der Waals surface area contributed by atoms with Crippen molar-refractivity contribution in [3.8, 4) is 0 Å². The third-order valence-corrected chi connectivity index (χ3v) is 2.91. The molecule has 19 heavy (non-hydrogen) atoms. The maximum absolute atomic E-state index is 12.5. The number of anilines is 1. The van der Waals surface area contributed by atoms with Crippen LogP contribution >= 0.6 is 11.6 Å². The molecule has 0 aliphatic carbocycles. The van der Waals surface area contributed by atoms with Gasteiger partial charge in [-0.15, -0.1) is 0 Å². The summed E-state index contributed by atoms with van der Waals surface area (Å²) in [7, 11) is 1.66. The van der Waals surface area contributed by atoms with E-state index in [2.05, 4.69) is 26.1 Å². The Morgan fingerprint density at radius 1 is 1.32 bits per heavy atom. The largest absolute Gasteiger partial charge is 0.369 e. The number of nitrogens with one attached hydrogen (secondary N) is 1.